The van der Waals surface area contributed by atoms with Crippen LogP contribution in [-0.4, -0.2) is 33.9 Å². The van der Waals surface area contributed by atoms with Gasteiger partial charge in [-0.1, -0.05) is 12.1 Å². The van der Waals surface area contributed by atoms with Gasteiger partial charge in [-0.05, 0) is 48.4 Å². The van der Waals surface area contributed by atoms with E-state index in [-0.39, 0.29) is 16.9 Å². The van der Waals surface area contributed by atoms with E-state index in [1.165, 1.54) is 36.6 Å². The lowest BCUT2D eigenvalue weighted by Crippen LogP contribution is -2.30. The minimum atomic E-state index is -3.67. The van der Waals surface area contributed by atoms with Crippen LogP contribution in [0.4, 0.5) is 0 Å². The summed E-state index contributed by atoms with van der Waals surface area (Å²) in [6, 6.07) is 8.97. The van der Waals surface area contributed by atoms with Crippen molar-refractivity contribution in [2.24, 2.45) is 5.92 Å². The zero-order valence-corrected chi connectivity index (χ0v) is 17.0. The molecule has 1 aromatic carbocycles. The monoisotopic (exact) mass is 422 g/mol. The zero-order chi connectivity index (χ0) is 20.1. The largest absolute Gasteiger partial charge is 0.469 e. The minimum Gasteiger partial charge on any atom is -0.469 e. The number of amides is 1. The van der Waals surface area contributed by atoms with Crippen LogP contribution in [0.3, 0.4) is 0 Å². The molecule has 1 aliphatic rings. The van der Waals surface area contributed by atoms with Crippen molar-refractivity contribution in [1.82, 2.24) is 10.0 Å². The first-order valence-electron chi connectivity index (χ1n) is 8.90. The smallest absolute Gasteiger partial charge is 0.307 e. The first-order valence-corrected chi connectivity index (χ1v) is 11.3. The van der Waals surface area contributed by atoms with Crippen LogP contribution in [0.1, 0.15) is 40.5 Å². The Balaban J connectivity index is 1.74. The molecule has 1 aromatic heterocycles. The molecule has 3 rings (SSSR count). The van der Waals surface area contributed by atoms with Gasteiger partial charge in [-0.15, -0.1) is 11.3 Å². The van der Waals surface area contributed by atoms with Crippen LogP contribution in [0.15, 0.2) is 46.7 Å². The van der Waals surface area contributed by atoms with Crippen LogP contribution in [0.5, 0.6) is 0 Å². The second-order valence-corrected chi connectivity index (χ2v) is 9.39. The summed E-state index contributed by atoms with van der Waals surface area (Å²) < 4.78 is 32.1. The van der Waals surface area contributed by atoms with Crippen LogP contribution in [-0.2, 0) is 19.6 Å². The summed E-state index contributed by atoms with van der Waals surface area (Å²) >= 11 is 1.41. The molecular formula is C19H22N2O5S2. The molecule has 1 heterocycles. The molecule has 0 bridgehead atoms. The highest BCUT2D eigenvalue weighted by atomic mass is 32.2. The Bertz CT molecular complexity index is 937. The maximum atomic E-state index is 12.7. The number of rotatable bonds is 9. The Hall–Kier alpha value is -2.23. The van der Waals surface area contributed by atoms with Crippen molar-refractivity contribution in [3.63, 3.8) is 0 Å². The number of nitrogens with one attached hydrogen (secondary N) is 2. The summed E-state index contributed by atoms with van der Waals surface area (Å²) in [6.45, 7) is 0.415. The van der Waals surface area contributed by atoms with Crippen LogP contribution >= 0.6 is 11.3 Å². The molecule has 1 aliphatic carbocycles. The van der Waals surface area contributed by atoms with Gasteiger partial charge in [0.1, 0.15) is 0 Å². The lowest BCUT2D eigenvalue weighted by molar-refractivity contribution is -0.141. The van der Waals surface area contributed by atoms with E-state index in [9.17, 15) is 18.0 Å². The van der Waals surface area contributed by atoms with Gasteiger partial charge in [0, 0.05) is 17.0 Å². The average molecular weight is 423 g/mol. The van der Waals surface area contributed by atoms with E-state index in [4.69, 9.17) is 4.74 Å². The van der Waals surface area contributed by atoms with Crippen LogP contribution < -0.4 is 10.0 Å². The molecule has 0 radical (unpaired) electrons. The summed E-state index contributed by atoms with van der Waals surface area (Å²) in [5.74, 6) is -0.494. The first-order chi connectivity index (χ1) is 13.4. The number of carbonyl (C=O) groups excluding carboxylic acids is 2. The molecule has 1 atom stereocenters. The van der Waals surface area contributed by atoms with Crippen molar-refractivity contribution in [2.45, 2.75) is 30.2 Å². The zero-order valence-electron chi connectivity index (χ0n) is 15.4. The number of sulfonamides is 1. The Labute approximate surface area is 168 Å². The van der Waals surface area contributed by atoms with Crippen molar-refractivity contribution in [1.29, 1.82) is 0 Å². The maximum Gasteiger partial charge on any atom is 0.307 e. The number of carbonyl (C=O) groups is 2. The van der Waals surface area contributed by atoms with Gasteiger partial charge < -0.3 is 10.1 Å². The fourth-order valence-electron chi connectivity index (χ4n) is 2.64. The van der Waals surface area contributed by atoms with Crippen molar-refractivity contribution < 1.29 is 22.7 Å². The molecule has 1 fully saturated rings. The molecule has 28 heavy (non-hydrogen) atoms. The molecule has 2 N–H and O–H groups in total. The Morgan fingerprint density at radius 1 is 1.25 bits per heavy atom. The molecule has 150 valence electrons. The first kappa shape index (κ1) is 20.5. The quantitative estimate of drug-likeness (QED) is 0.605. The molecule has 1 unspecified atom stereocenters. The highest BCUT2D eigenvalue weighted by Gasteiger charge is 2.25. The molecule has 0 spiro atoms. The van der Waals surface area contributed by atoms with E-state index in [1.54, 1.807) is 6.07 Å². The average Bonchev–Trinajstić information content (AvgIpc) is 3.37. The van der Waals surface area contributed by atoms with Crippen LogP contribution in [0, 0.1) is 5.92 Å². The number of hydrogen-bond donors (Lipinski definition) is 2. The Kier molecular flexibility index (Phi) is 6.48. The highest BCUT2D eigenvalue weighted by Crippen LogP contribution is 2.28. The molecule has 0 aliphatic heterocycles. The maximum absolute atomic E-state index is 12.7. The SMILES string of the molecule is COC(=O)CC(NC(=O)c1cccc(S(=O)(=O)NCC2CC2)c1)c1cccs1. The predicted molar refractivity (Wildman–Crippen MR) is 106 cm³/mol. The van der Waals surface area contributed by atoms with Gasteiger partial charge >= 0.3 is 5.97 Å². The van der Waals surface area contributed by atoms with Crippen molar-refractivity contribution >= 4 is 33.2 Å². The Morgan fingerprint density at radius 3 is 2.68 bits per heavy atom. The van der Waals surface area contributed by atoms with Crippen LogP contribution in [0.2, 0.25) is 0 Å². The van der Waals surface area contributed by atoms with E-state index in [1.807, 2.05) is 17.5 Å². The van der Waals surface area contributed by atoms with E-state index in [2.05, 4.69) is 10.0 Å². The van der Waals surface area contributed by atoms with E-state index in [0.29, 0.717) is 12.5 Å². The van der Waals surface area contributed by atoms with Crippen molar-refractivity contribution in [2.75, 3.05) is 13.7 Å². The lowest BCUT2D eigenvalue weighted by atomic mass is 10.1. The molecule has 1 amide bonds. The van der Waals surface area contributed by atoms with Gasteiger partial charge in [0.05, 0.1) is 24.5 Å². The fraction of sp³-hybridized carbons (Fsp3) is 0.368. The highest BCUT2D eigenvalue weighted by molar-refractivity contribution is 7.89. The normalized spacial score (nSPS) is 15.0. The van der Waals surface area contributed by atoms with Gasteiger partial charge in [0.15, 0.2) is 0 Å². The number of esters is 1. The third-order valence-electron chi connectivity index (χ3n) is 4.46. The number of benzene rings is 1. The summed E-state index contributed by atoms with van der Waals surface area (Å²) in [6.07, 6.45) is 2.06. The molecule has 9 heteroatoms. The molecule has 0 saturated heterocycles. The molecule has 7 nitrogen and oxygen atoms in total. The minimum absolute atomic E-state index is 0.0102. The molecular weight excluding hydrogens is 400 g/mol. The number of hydrogen-bond acceptors (Lipinski definition) is 6. The number of ether oxygens (including phenoxy) is 1. The molecule has 2 aromatic rings. The van der Waals surface area contributed by atoms with Crippen LogP contribution in [0.25, 0.3) is 0 Å². The summed E-state index contributed by atoms with van der Waals surface area (Å²) in [5, 5.41) is 4.65. The standard InChI is InChI=1S/C19H22N2O5S2/c1-26-18(22)11-16(17-6-3-9-27-17)21-19(23)14-4-2-5-15(10-14)28(24,25)20-12-13-7-8-13/h2-6,9-10,13,16,20H,7-8,11-12H2,1H3,(H,21,23). The van der Waals surface area contributed by atoms with E-state index >= 15 is 0 Å². The lowest BCUT2D eigenvalue weighted by Gasteiger charge is -2.17. The third kappa shape index (κ3) is 5.40. The summed E-state index contributed by atoms with van der Waals surface area (Å²) in [7, 11) is -2.38. The second kappa shape index (κ2) is 8.85. The van der Waals surface area contributed by atoms with Crippen molar-refractivity contribution in [3.05, 3.63) is 52.2 Å². The van der Waals surface area contributed by atoms with Gasteiger partial charge in [-0.3, -0.25) is 9.59 Å². The predicted octanol–water partition coefficient (Wildman–Crippen LogP) is 2.47. The fourth-order valence-corrected chi connectivity index (χ4v) is 4.58. The van der Waals surface area contributed by atoms with Gasteiger partial charge in [0.2, 0.25) is 10.0 Å². The number of thiophene rings is 1. The second-order valence-electron chi connectivity index (χ2n) is 6.64. The summed E-state index contributed by atoms with van der Waals surface area (Å²) in [4.78, 5) is 25.3. The molecule has 1 saturated carbocycles. The van der Waals surface area contributed by atoms with E-state index < -0.39 is 27.9 Å². The Morgan fingerprint density at radius 2 is 2.04 bits per heavy atom. The van der Waals surface area contributed by atoms with Crippen molar-refractivity contribution in [3.8, 4) is 0 Å². The van der Waals surface area contributed by atoms with Gasteiger partial charge in [0.25, 0.3) is 5.91 Å². The van der Waals surface area contributed by atoms with E-state index in [0.717, 1.165) is 17.7 Å². The van der Waals surface area contributed by atoms with Gasteiger partial charge in [-0.25, -0.2) is 13.1 Å². The van der Waals surface area contributed by atoms with Gasteiger partial charge in [-0.2, -0.15) is 0 Å². The number of methoxy groups -OCH3 is 1. The third-order valence-corrected chi connectivity index (χ3v) is 6.86. The topological polar surface area (TPSA) is 102 Å². The summed E-state index contributed by atoms with van der Waals surface area (Å²) in [5.41, 5.74) is 0.209.